The van der Waals surface area contributed by atoms with Crippen molar-refractivity contribution in [3.05, 3.63) is 22.6 Å². The van der Waals surface area contributed by atoms with Crippen molar-refractivity contribution in [1.29, 1.82) is 0 Å². The van der Waals surface area contributed by atoms with E-state index in [-0.39, 0.29) is 0 Å². The highest BCUT2D eigenvalue weighted by Gasteiger charge is 2.19. The lowest BCUT2D eigenvalue weighted by Gasteiger charge is -2.21. The van der Waals surface area contributed by atoms with Gasteiger partial charge in [-0.25, -0.2) is 0 Å². The van der Waals surface area contributed by atoms with Gasteiger partial charge in [0, 0.05) is 0 Å². The Morgan fingerprint density at radius 2 is 2.42 bits per heavy atom. The number of hydrogen-bond donors (Lipinski definition) is 1. The lowest BCUT2D eigenvalue weighted by atomic mass is 10.0. The summed E-state index contributed by atoms with van der Waals surface area (Å²) < 4.78 is 6.48. The summed E-state index contributed by atoms with van der Waals surface area (Å²) in [6.07, 6.45) is 5.50. The number of hydrogen-bond acceptors (Lipinski definition) is 2. The van der Waals surface area contributed by atoms with E-state index in [0.717, 1.165) is 16.8 Å². The standard InChI is InChI=1S/C9H12BrNO/c10-7-4-6-12-9(7)8-3-1-2-5-11-8/h4,6,8,11H,1-3,5H2. The van der Waals surface area contributed by atoms with Crippen molar-refractivity contribution in [2.24, 2.45) is 0 Å². The van der Waals surface area contributed by atoms with E-state index in [1.165, 1.54) is 19.3 Å². The summed E-state index contributed by atoms with van der Waals surface area (Å²) in [5, 5.41) is 3.44. The Kier molecular flexibility index (Phi) is 2.51. The van der Waals surface area contributed by atoms with Crippen LogP contribution in [-0.4, -0.2) is 6.54 Å². The van der Waals surface area contributed by atoms with E-state index in [4.69, 9.17) is 4.42 Å². The predicted molar refractivity (Wildman–Crippen MR) is 51.0 cm³/mol. The molecule has 1 fully saturated rings. The molecule has 2 rings (SSSR count). The van der Waals surface area contributed by atoms with E-state index in [1.54, 1.807) is 6.26 Å². The Hall–Kier alpha value is -0.280. The van der Waals surface area contributed by atoms with Crippen molar-refractivity contribution in [1.82, 2.24) is 5.32 Å². The molecule has 1 aliphatic heterocycles. The van der Waals surface area contributed by atoms with Gasteiger partial charge < -0.3 is 9.73 Å². The van der Waals surface area contributed by atoms with Crippen molar-refractivity contribution in [3.63, 3.8) is 0 Å². The summed E-state index contributed by atoms with van der Waals surface area (Å²) in [7, 11) is 0. The van der Waals surface area contributed by atoms with Crippen LogP contribution in [0.15, 0.2) is 21.2 Å². The minimum absolute atomic E-state index is 0.420. The average molecular weight is 230 g/mol. The monoisotopic (exact) mass is 229 g/mol. The molecule has 2 heterocycles. The number of piperidine rings is 1. The van der Waals surface area contributed by atoms with Crippen LogP contribution in [0.1, 0.15) is 31.1 Å². The highest BCUT2D eigenvalue weighted by molar-refractivity contribution is 9.10. The molecule has 1 N–H and O–H groups in total. The third-order valence-electron chi connectivity index (χ3n) is 2.27. The van der Waals surface area contributed by atoms with Crippen LogP contribution in [-0.2, 0) is 0 Å². The highest BCUT2D eigenvalue weighted by Crippen LogP contribution is 2.29. The first-order valence-electron chi connectivity index (χ1n) is 4.34. The summed E-state index contributed by atoms with van der Waals surface area (Å²) in [6, 6.07) is 2.37. The predicted octanol–water partition coefficient (Wildman–Crippen LogP) is 2.86. The smallest absolute Gasteiger partial charge is 0.134 e. The molecular formula is C9H12BrNO. The summed E-state index contributed by atoms with van der Waals surface area (Å²) >= 11 is 3.47. The molecule has 12 heavy (non-hydrogen) atoms. The second kappa shape index (κ2) is 3.62. The average Bonchev–Trinajstić information content (AvgIpc) is 2.53. The molecule has 0 aromatic carbocycles. The van der Waals surface area contributed by atoms with Gasteiger partial charge in [-0.15, -0.1) is 0 Å². The van der Waals surface area contributed by atoms with Crippen molar-refractivity contribution >= 4 is 15.9 Å². The molecule has 1 aliphatic rings. The van der Waals surface area contributed by atoms with Crippen LogP contribution in [0.4, 0.5) is 0 Å². The van der Waals surface area contributed by atoms with Gasteiger partial charge in [-0.2, -0.15) is 0 Å². The molecule has 66 valence electrons. The third-order valence-corrected chi connectivity index (χ3v) is 2.93. The van der Waals surface area contributed by atoms with E-state index in [2.05, 4.69) is 21.2 Å². The Morgan fingerprint density at radius 3 is 3.00 bits per heavy atom. The molecule has 0 bridgehead atoms. The zero-order valence-corrected chi connectivity index (χ0v) is 8.43. The summed E-state index contributed by atoms with van der Waals surface area (Å²) in [4.78, 5) is 0. The fourth-order valence-corrected chi connectivity index (χ4v) is 2.11. The molecule has 0 radical (unpaired) electrons. The van der Waals surface area contributed by atoms with Gasteiger partial charge in [-0.3, -0.25) is 0 Å². The number of nitrogens with one attached hydrogen (secondary N) is 1. The molecule has 1 unspecified atom stereocenters. The number of rotatable bonds is 1. The van der Waals surface area contributed by atoms with Gasteiger partial charge in [0.2, 0.25) is 0 Å². The summed E-state index contributed by atoms with van der Waals surface area (Å²) in [6.45, 7) is 1.11. The molecule has 1 aromatic rings. The third kappa shape index (κ3) is 1.57. The molecule has 1 saturated heterocycles. The van der Waals surface area contributed by atoms with Crippen LogP contribution in [0.3, 0.4) is 0 Å². The Balaban J connectivity index is 2.13. The van der Waals surface area contributed by atoms with E-state index in [9.17, 15) is 0 Å². The Morgan fingerprint density at radius 1 is 1.50 bits per heavy atom. The van der Waals surface area contributed by atoms with Crippen LogP contribution in [0.25, 0.3) is 0 Å². The first kappa shape index (κ1) is 8.32. The Labute approximate surface area is 80.5 Å². The number of furan rings is 1. The zero-order valence-electron chi connectivity index (χ0n) is 6.85. The van der Waals surface area contributed by atoms with Crippen LogP contribution in [0.5, 0.6) is 0 Å². The van der Waals surface area contributed by atoms with Gasteiger partial charge in [0.05, 0.1) is 16.8 Å². The highest BCUT2D eigenvalue weighted by atomic mass is 79.9. The molecule has 1 aromatic heterocycles. The fraction of sp³-hybridized carbons (Fsp3) is 0.556. The van der Waals surface area contributed by atoms with Crippen molar-refractivity contribution < 1.29 is 4.42 Å². The normalized spacial score (nSPS) is 24.2. The minimum Gasteiger partial charge on any atom is -0.466 e. The van der Waals surface area contributed by atoms with Crippen LogP contribution in [0, 0.1) is 0 Å². The molecule has 0 aliphatic carbocycles. The van der Waals surface area contributed by atoms with Crippen LogP contribution >= 0.6 is 15.9 Å². The van der Waals surface area contributed by atoms with E-state index in [0.29, 0.717) is 6.04 Å². The molecule has 0 spiro atoms. The minimum atomic E-state index is 0.420. The first-order chi connectivity index (χ1) is 5.88. The lowest BCUT2D eigenvalue weighted by Crippen LogP contribution is -2.26. The van der Waals surface area contributed by atoms with Crippen molar-refractivity contribution in [3.8, 4) is 0 Å². The van der Waals surface area contributed by atoms with Gasteiger partial charge in [0.25, 0.3) is 0 Å². The summed E-state index contributed by atoms with van der Waals surface area (Å²) in [5.41, 5.74) is 0. The van der Waals surface area contributed by atoms with E-state index in [1.807, 2.05) is 6.07 Å². The fourth-order valence-electron chi connectivity index (χ4n) is 1.63. The molecule has 0 amide bonds. The van der Waals surface area contributed by atoms with Gasteiger partial charge in [0.15, 0.2) is 0 Å². The van der Waals surface area contributed by atoms with Crippen molar-refractivity contribution in [2.75, 3.05) is 6.54 Å². The maximum atomic E-state index is 5.39. The quantitative estimate of drug-likeness (QED) is 0.802. The molecule has 0 saturated carbocycles. The SMILES string of the molecule is Brc1ccoc1C1CCCCN1. The van der Waals surface area contributed by atoms with Crippen LogP contribution in [0.2, 0.25) is 0 Å². The molecule has 2 nitrogen and oxygen atoms in total. The number of halogens is 1. The summed E-state index contributed by atoms with van der Waals surface area (Å²) in [5.74, 6) is 1.05. The maximum Gasteiger partial charge on any atom is 0.134 e. The first-order valence-corrected chi connectivity index (χ1v) is 5.13. The van der Waals surface area contributed by atoms with Gasteiger partial charge in [-0.05, 0) is 41.4 Å². The van der Waals surface area contributed by atoms with Gasteiger partial charge in [-0.1, -0.05) is 6.42 Å². The van der Waals surface area contributed by atoms with Gasteiger partial charge in [0.1, 0.15) is 5.76 Å². The largest absolute Gasteiger partial charge is 0.466 e. The zero-order chi connectivity index (χ0) is 8.39. The molecular weight excluding hydrogens is 218 g/mol. The van der Waals surface area contributed by atoms with Gasteiger partial charge >= 0.3 is 0 Å². The van der Waals surface area contributed by atoms with Crippen molar-refractivity contribution in [2.45, 2.75) is 25.3 Å². The maximum absolute atomic E-state index is 5.39. The molecule has 3 heteroatoms. The second-order valence-electron chi connectivity index (χ2n) is 3.14. The van der Waals surface area contributed by atoms with E-state index >= 15 is 0 Å². The Bertz CT molecular complexity index is 253. The van der Waals surface area contributed by atoms with Crippen LogP contribution < -0.4 is 5.32 Å². The van der Waals surface area contributed by atoms with E-state index < -0.39 is 0 Å². The lowest BCUT2D eigenvalue weighted by molar-refractivity contribution is 0.348. The topological polar surface area (TPSA) is 25.2 Å². The second-order valence-corrected chi connectivity index (χ2v) is 3.99. The molecule has 1 atom stereocenters.